The van der Waals surface area contributed by atoms with Gasteiger partial charge >= 0.3 is 0 Å². The molecule has 2 heterocycles. The van der Waals surface area contributed by atoms with Crippen molar-refractivity contribution in [2.75, 3.05) is 0 Å². The summed E-state index contributed by atoms with van der Waals surface area (Å²) in [6, 6.07) is 0. The van der Waals surface area contributed by atoms with E-state index in [-0.39, 0.29) is 5.50 Å². The van der Waals surface area contributed by atoms with Crippen LogP contribution in [0.15, 0.2) is 23.1 Å². The third-order valence-electron chi connectivity index (χ3n) is 1.37. The van der Waals surface area contributed by atoms with Crippen molar-refractivity contribution in [3.63, 3.8) is 0 Å². The first-order valence-corrected chi connectivity index (χ1v) is 4.30. The normalized spacial score (nSPS) is 22.4. The minimum Gasteiger partial charge on any atom is -0.301 e. The van der Waals surface area contributed by atoms with Gasteiger partial charge < -0.3 is 5.73 Å². The van der Waals surface area contributed by atoms with Crippen LogP contribution in [0, 0.1) is 0 Å². The van der Waals surface area contributed by atoms with Gasteiger partial charge in [-0.2, -0.15) is 5.10 Å². The zero-order valence-corrected chi connectivity index (χ0v) is 6.98. The standard InChI is InChI=1S/C6H7N5S/c7-6-9-1-5(2-12-6)11-4-8-3-10-11/h1-4,6H,7H2. The minimum absolute atomic E-state index is 0.183. The molecule has 2 rings (SSSR count). The Labute approximate surface area is 73.4 Å². The quantitative estimate of drug-likeness (QED) is 0.669. The number of nitrogens with zero attached hydrogens (tertiary/aromatic N) is 4. The Kier molecular flexibility index (Phi) is 1.92. The Morgan fingerprint density at radius 2 is 2.50 bits per heavy atom. The number of nitrogens with two attached hydrogens (primary N) is 1. The van der Waals surface area contributed by atoms with Gasteiger partial charge in [-0.15, -0.1) is 0 Å². The van der Waals surface area contributed by atoms with E-state index in [1.807, 2.05) is 5.41 Å². The molecule has 0 radical (unpaired) electrons. The van der Waals surface area contributed by atoms with Crippen molar-refractivity contribution in [1.82, 2.24) is 14.8 Å². The Bertz CT molecular complexity index is 315. The van der Waals surface area contributed by atoms with Crippen molar-refractivity contribution in [3.05, 3.63) is 18.1 Å². The molecule has 1 atom stereocenters. The second-order valence-corrected chi connectivity index (χ2v) is 3.18. The SMILES string of the molecule is NC1N=CC(n2cncn2)=CS1. The van der Waals surface area contributed by atoms with Crippen molar-refractivity contribution < 1.29 is 0 Å². The van der Waals surface area contributed by atoms with Crippen molar-refractivity contribution in [3.8, 4) is 0 Å². The first-order valence-electron chi connectivity index (χ1n) is 3.35. The van der Waals surface area contributed by atoms with Crippen molar-refractivity contribution >= 4 is 23.7 Å². The topological polar surface area (TPSA) is 69.1 Å². The highest BCUT2D eigenvalue weighted by atomic mass is 32.2. The van der Waals surface area contributed by atoms with Gasteiger partial charge in [-0.3, -0.25) is 4.99 Å². The summed E-state index contributed by atoms with van der Waals surface area (Å²) in [6.07, 6.45) is 4.79. The molecular formula is C6H7N5S. The lowest BCUT2D eigenvalue weighted by molar-refractivity contribution is 0.912. The summed E-state index contributed by atoms with van der Waals surface area (Å²) in [5.41, 5.74) is 6.23. The molecule has 0 aromatic carbocycles. The van der Waals surface area contributed by atoms with Crippen LogP contribution in [-0.4, -0.2) is 26.5 Å². The van der Waals surface area contributed by atoms with Gasteiger partial charge in [0, 0.05) is 5.41 Å². The predicted octanol–water partition coefficient (Wildman–Crippen LogP) is 0.136. The summed E-state index contributed by atoms with van der Waals surface area (Å²) in [5.74, 6) is 0. The summed E-state index contributed by atoms with van der Waals surface area (Å²) >= 11 is 1.45. The minimum atomic E-state index is -0.183. The molecule has 0 saturated heterocycles. The number of allylic oxidation sites excluding steroid dienone is 1. The van der Waals surface area contributed by atoms with Crippen LogP contribution < -0.4 is 5.73 Å². The third kappa shape index (κ3) is 1.39. The highest BCUT2D eigenvalue weighted by molar-refractivity contribution is 8.02. The van der Waals surface area contributed by atoms with Gasteiger partial charge in [0.05, 0.1) is 11.9 Å². The van der Waals surface area contributed by atoms with Gasteiger partial charge in [-0.05, 0) is 0 Å². The van der Waals surface area contributed by atoms with E-state index in [1.165, 1.54) is 18.1 Å². The molecule has 0 spiro atoms. The summed E-state index contributed by atoms with van der Waals surface area (Å²) < 4.78 is 1.64. The highest BCUT2D eigenvalue weighted by Crippen LogP contribution is 2.17. The van der Waals surface area contributed by atoms with Gasteiger partial charge in [0.15, 0.2) is 0 Å². The number of rotatable bonds is 1. The molecule has 0 amide bonds. The van der Waals surface area contributed by atoms with Crippen LogP contribution in [0.2, 0.25) is 0 Å². The molecule has 1 aliphatic rings. The Balaban J connectivity index is 2.23. The molecule has 0 bridgehead atoms. The highest BCUT2D eigenvalue weighted by Gasteiger charge is 2.06. The Morgan fingerprint density at radius 1 is 1.58 bits per heavy atom. The molecule has 5 nitrogen and oxygen atoms in total. The number of aliphatic imine (C=N–C) groups is 1. The van der Waals surface area contributed by atoms with E-state index in [2.05, 4.69) is 15.1 Å². The van der Waals surface area contributed by atoms with E-state index in [0.29, 0.717) is 0 Å². The van der Waals surface area contributed by atoms with E-state index in [1.54, 1.807) is 17.2 Å². The van der Waals surface area contributed by atoms with E-state index < -0.39 is 0 Å². The van der Waals surface area contributed by atoms with Crippen molar-refractivity contribution in [1.29, 1.82) is 0 Å². The summed E-state index contributed by atoms with van der Waals surface area (Å²) in [6.45, 7) is 0. The summed E-state index contributed by atoms with van der Waals surface area (Å²) in [7, 11) is 0. The molecule has 1 unspecified atom stereocenters. The smallest absolute Gasteiger partial charge is 0.148 e. The fraction of sp³-hybridized carbons (Fsp3) is 0.167. The molecule has 6 heteroatoms. The Hall–Kier alpha value is -1.14. The van der Waals surface area contributed by atoms with E-state index >= 15 is 0 Å². The fourth-order valence-electron chi connectivity index (χ4n) is 0.810. The molecule has 62 valence electrons. The van der Waals surface area contributed by atoms with E-state index in [4.69, 9.17) is 5.73 Å². The molecule has 0 fully saturated rings. The van der Waals surface area contributed by atoms with E-state index in [9.17, 15) is 0 Å². The van der Waals surface area contributed by atoms with Crippen LogP contribution in [0.3, 0.4) is 0 Å². The number of hydrogen-bond donors (Lipinski definition) is 1. The first kappa shape index (κ1) is 7.51. The zero-order chi connectivity index (χ0) is 8.39. The van der Waals surface area contributed by atoms with Crippen LogP contribution in [0.1, 0.15) is 0 Å². The van der Waals surface area contributed by atoms with Crippen LogP contribution in [0.25, 0.3) is 5.70 Å². The maximum atomic E-state index is 5.53. The third-order valence-corrected chi connectivity index (χ3v) is 2.14. The van der Waals surface area contributed by atoms with Gasteiger partial charge in [0.25, 0.3) is 0 Å². The van der Waals surface area contributed by atoms with Gasteiger partial charge in [-0.1, -0.05) is 11.8 Å². The van der Waals surface area contributed by atoms with Crippen LogP contribution >= 0.6 is 11.8 Å². The molecule has 2 N–H and O–H groups in total. The number of thioether (sulfide) groups is 1. The summed E-state index contributed by atoms with van der Waals surface area (Å²) in [4.78, 5) is 7.85. The molecule has 1 aliphatic heterocycles. The number of hydrogen-bond acceptors (Lipinski definition) is 5. The Morgan fingerprint density at radius 3 is 3.08 bits per heavy atom. The second-order valence-electron chi connectivity index (χ2n) is 2.19. The van der Waals surface area contributed by atoms with Gasteiger partial charge in [0.2, 0.25) is 0 Å². The zero-order valence-electron chi connectivity index (χ0n) is 6.16. The van der Waals surface area contributed by atoms with Crippen LogP contribution in [0.4, 0.5) is 0 Å². The van der Waals surface area contributed by atoms with E-state index in [0.717, 1.165) is 5.70 Å². The lowest BCUT2D eigenvalue weighted by Crippen LogP contribution is -2.15. The lowest BCUT2D eigenvalue weighted by Gasteiger charge is -2.09. The maximum absolute atomic E-state index is 5.53. The average molecular weight is 181 g/mol. The second kappa shape index (κ2) is 3.08. The van der Waals surface area contributed by atoms with Crippen LogP contribution in [0.5, 0.6) is 0 Å². The molecule has 0 aliphatic carbocycles. The average Bonchev–Trinajstić information content (AvgIpc) is 2.58. The first-order chi connectivity index (χ1) is 5.86. The number of aromatic nitrogens is 3. The molecular weight excluding hydrogens is 174 g/mol. The predicted molar refractivity (Wildman–Crippen MR) is 48.4 cm³/mol. The molecule has 12 heavy (non-hydrogen) atoms. The van der Waals surface area contributed by atoms with Crippen molar-refractivity contribution in [2.24, 2.45) is 10.7 Å². The van der Waals surface area contributed by atoms with Gasteiger partial charge in [-0.25, -0.2) is 9.67 Å². The molecule has 1 aromatic rings. The monoisotopic (exact) mass is 181 g/mol. The largest absolute Gasteiger partial charge is 0.301 e. The summed E-state index contributed by atoms with van der Waals surface area (Å²) in [5, 5.41) is 5.87. The van der Waals surface area contributed by atoms with Crippen LogP contribution in [-0.2, 0) is 0 Å². The molecule has 1 aromatic heterocycles. The maximum Gasteiger partial charge on any atom is 0.148 e. The molecule has 0 saturated carbocycles. The lowest BCUT2D eigenvalue weighted by atomic mass is 10.5. The fourth-order valence-corrected chi connectivity index (χ4v) is 1.39. The van der Waals surface area contributed by atoms with Gasteiger partial charge in [0.1, 0.15) is 18.2 Å². The van der Waals surface area contributed by atoms with Crippen molar-refractivity contribution in [2.45, 2.75) is 5.50 Å².